The van der Waals surface area contributed by atoms with Gasteiger partial charge in [-0.1, -0.05) is 12.1 Å². The summed E-state index contributed by atoms with van der Waals surface area (Å²) in [5.74, 6) is -0.724. The zero-order valence-electron chi connectivity index (χ0n) is 15.5. The number of methoxy groups -OCH3 is 1. The van der Waals surface area contributed by atoms with Crippen LogP contribution in [0.15, 0.2) is 66.0 Å². The van der Waals surface area contributed by atoms with E-state index in [4.69, 9.17) is 9.47 Å². The van der Waals surface area contributed by atoms with Crippen molar-refractivity contribution in [1.29, 1.82) is 0 Å². The lowest BCUT2D eigenvalue weighted by Crippen LogP contribution is -2.21. The van der Waals surface area contributed by atoms with Gasteiger partial charge in [0.25, 0.3) is 11.8 Å². The molecule has 0 aliphatic rings. The molecule has 1 heterocycles. The number of amides is 2. The Balaban J connectivity index is 1.53. The molecule has 7 nitrogen and oxygen atoms in total. The molecule has 3 rings (SSSR count). The van der Waals surface area contributed by atoms with Crippen LogP contribution in [0.3, 0.4) is 0 Å². The van der Waals surface area contributed by atoms with E-state index >= 15 is 0 Å². The Morgan fingerprint density at radius 1 is 0.931 bits per heavy atom. The maximum Gasteiger partial charge on any atom is 0.338 e. The van der Waals surface area contributed by atoms with Crippen molar-refractivity contribution in [1.82, 2.24) is 0 Å². The molecule has 2 aromatic carbocycles. The van der Waals surface area contributed by atoms with Crippen LogP contribution in [-0.4, -0.2) is 31.5 Å². The quantitative estimate of drug-likeness (QED) is 0.578. The molecule has 0 atom stereocenters. The molecule has 0 aliphatic carbocycles. The largest absolute Gasteiger partial charge is 0.497 e. The van der Waals surface area contributed by atoms with Crippen LogP contribution in [0.2, 0.25) is 0 Å². The Bertz CT molecular complexity index is 1000. The summed E-state index contributed by atoms with van der Waals surface area (Å²) in [4.78, 5) is 36.9. The second-order valence-corrected chi connectivity index (χ2v) is 6.81. The van der Waals surface area contributed by atoms with Gasteiger partial charge in [-0.2, -0.15) is 0 Å². The van der Waals surface area contributed by atoms with Crippen LogP contribution < -0.4 is 15.4 Å². The van der Waals surface area contributed by atoms with Crippen molar-refractivity contribution in [3.8, 4) is 5.75 Å². The fourth-order valence-electron chi connectivity index (χ4n) is 2.41. The number of hydrogen-bond acceptors (Lipinski definition) is 6. The van der Waals surface area contributed by atoms with E-state index in [0.29, 0.717) is 22.0 Å². The average molecular weight is 410 g/mol. The minimum Gasteiger partial charge on any atom is -0.497 e. The van der Waals surface area contributed by atoms with E-state index in [1.807, 2.05) is 0 Å². The molecule has 0 radical (unpaired) electrons. The smallest absolute Gasteiger partial charge is 0.338 e. The van der Waals surface area contributed by atoms with Crippen LogP contribution in [0.4, 0.5) is 11.4 Å². The summed E-state index contributed by atoms with van der Waals surface area (Å²) in [6.45, 7) is -0.434. The third kappa shape index (κ3) is 5.66. The minimum atomic E-state index is -0.665. The van der Waals surface area contributed by atoms with Crippen molar-refractivity contribution >= 4 is 40.5 Å². The number of benzene rings is 2. The first-order valence-corrected chi connectivity index (χ1v) is 9.49. The molecular weight excluding hydrogens is 392 g/mol. The van der Waals surface area contributed by atoms with E-state index in [0.717, 1.165) is 0 Å². The van der Waals surface area contributed by atoms with Gasteiger partial charge in [-0.15, -0.1) is 11.3 Å². The first-order valence-electron chi connectivity index (χ1n) is 8.61. The van der Waals surface area contributed by atoms with Gasteiger partial charge in [0.1, 0.15) is 5.75 Å². The number of thiophene rings is 1. The molecule has 1 aromatic heterocycles. The van der Waals surface area contributed by atoms with E-state index in [1.165, 1.54) is 17.4 Å². The van der Waals surface area contributed by atoms with Gasteiger partial charge in [-0.25, -0.2) is 4.79 Å². The summed E-state index contributed by atoms with van der Waals surface area (Å²) in [6.07, 6.45) is 0. The molecule has 148 valence electrons. The standard InChI is InChI=1S/C21H18N2O5S/c1-27-17-9-7-15(8-10-17)22-19(24)13-28-21(26)14-4-2-5-16(12-14)23-20(25)18-6-3-11-29-18/h2-12H,13H2,1H3,(H,22,24)(H,23,25). The number of carbonyl (C=O) groups is 3. The SMILES string of the molecule is COc1ccc(NC(=O)COC(=O)c2cccc(NC(=O)c3cccs3)c2)cc1. The van der Waals surface area contributed by atoms with Crippen LogP contribution in [0.25, 0.3) is 0 Å². The summed E-state index contributed by atoms with van der Waals surface area (Å²) in [5.41, 5.74) is 1.25. The maximum absolute atomic E-state index is 12.2. The van der Waals surface area contributed by atoms with Gasteiger partial charge in [0, 0.05) is 11.4 Å². The van der Waals surface area contributed by atoms with Crippen molar-refractivity contribution in [2.75, 3.05) is 24.4 Å². The lowest BCUT2D eigenvalue weighted by Gasteiger charge is -2.09. The number of anilines is 2. The van der Waals surface area contributed by atoms with Gasteiger partial charge >= 0.3 is 5.97 Å². The predicted octanol–water partition coefficient (Wildman–Crippen LogP) is 3.80. The highest BCUT2D eigenvalue weighted by atomic mass is 32.1. The monoisotopic (exact) mass is 410 g/mol. The highest BCUT2D eigenvalue weighted by Gasteiger charge is 2.13. The lowest BCUT2D eigenvalue weighted by atomic mass is 10.2. The molecule has 0 saturated heterocycles. The molecule has 29 heavy (non-hydrogen) atoms. The van der Waals surface area contributed by atoms with Gasteiger partial charge in [-0.3, -0.25) is 9.59 Å². The van der Waals surface area contributed by atoms with Gasteiger partial charge in [0.05, 0.1) is 17.6 Å². The molecule has 2 N–H and O–H groups in total. The zero-order chi connectivity index (χ0) is 20.6. The highest BCUT2D eigenvalue weighted by Crippen LogP contribution is 2.16. The summed E-state index contributed by atoms with van der Waals surface area (Å²) < 4.78 is 10.1. The Morgan fingerprint density at radius 3 is 2.41 bits per heavy atom. The third-order valence-corrected chi connectivity index (χ3v) is 4.68. The molecule has 0 fully saturated rings. The normalized spacial score (nSPS) is 10.1. The van der Waals surface area contributed by atoms with Crippen molar-refractivity contribution in [2.45, 2.75) is 0 Å². The Hall–Kier alpha value is -3.65. The number of nitrogens with one attached hydrogen (secondary N) is 2. The topological polar surface area (TPSA) is 93.7 Å². The Labute approximate surface area is 171 Å². The van der Waals surface area contributed by atoms with E-state index in [-0.39, 0.29) is 11.5 Å². The van der Waals surface area contributed by atoms with Crippen LogP contribution in [0.1, 0.15) is 20.0 Å². The molecule has 0 saturated carbocycles. The van der Waals surface area contributed by atoms with Crippen LogP contribution in [-0.2, 0) is 9.53 Å². The van der Waals surface area contributed by atoms with Crippen molar-refractivity contribution in [3.63, 3.8) is 0 Å². The number of hydrogen-bond donors (Lipinski definition) is 2. The molecule has 0 aliphatic heterocycles. The lowest BCUT2D eigenvalue weighted by molar-refractivity contribution is -0.119. The highest BCUT2D eigenvalue weighted by molar-refractivity contribution is 7.12. The number of rotatable bonds is 7. The second kappa shape index (κ2) is 9.52. The predicted molar refractivity (Wildman–Crippen MR) is 111 cm³/mol. The minimum absolute atomic E-state index is 0.228. The maximum atomic E-state index is 12.2. The van der Waals surface area contributed by atoms with Gasteiger partial charge in [0.2, 0.25) is 0 Å². The van der Waals surface area contributed by atoms with E-state index in [2.05, 4.69) is 10.6 Å². The third-order valence-electron chi connectivity index (χ3n) is 3.81. The Morgan fingerprint density at radius 2 is 1.72 bits per heavy atom. The summed E-state index contributed by atoms with van der Waals surface area (Å²) >= 11 is 1.32. The molecule has 0 unspecified atom stereocenters. The van der Waals surface area contributed by atoms with Crippen molar-refractivity contribution in [2.24, 2.45) is 0 Å². The van der Waals surface area contributed by atoms with Gasteiger partial charge < -0.3 is 20.1 Å². The fraction of sp³-hybridized carbons (Fsp3) is 0.0952. The Kier molecular flexibility index (Phi) is 6.59. The fourth-order valence-corrected chi connectivity index (χ4v) is 3.03. The van der Waals surface area contributed by atoms with Crippen molar-refractivity contribution < 1.29 is 23.9 Å². The van der Waals surface area contributed by atoms with Crippen LogP contribution in [0.5, 0.6) is 5.75 Å². The average Bonchev–Trinajstić information content (AvgIpc) is 3.28. The van der Waals surface area contributed by atoms with E-state index in [1.54, 1.807) is 67.1 Å². The van der Waals surface area contributed by atoms with Crippen molar-refractivity contribution in [3.05, 3.63) is 76.5 Å². The summed E-state index contributed by atoms with van der Waals surface area (Å²) in [5, 5.41) is 7.15. The summed E-state index contributed by atoms with van der Waals surface area (Å²) in [6, 6.07) is 16.6. The first-order chi connectivity index (χ1) is 14.0. The molecule has 2 amide bonds. The molecule has 3 aromatic rings. The van der Waals surface area contributed by atoms with Gasteiger partial charge in [-0.05, 0) is 53.9 Å². The first kappa shape index (κ1) is 20.1. The van der Waals surface area contributed by atoms with Crippen LogP contribution in [0, 0.1) is 0 Å². The molecular formula is C21H18N2O5S. The van der Waals surface area contributed by atoms with E-state index < -0.39 is 18.5 Å². The van der Waals surface area contributed by atoms with Crippen LogP contribution >= 0.6 is 11.3 Å². The summed E-state index contributed by atoms with van der Waals surface area (Å²) in [7, 11) is 1.55. The van der Waals surface area contributed by atoms with E-state index in [9.17, 15) is 14.4 Å². The molecule has 8 heteroatoms. The zero-order valence-corrected chi connectivity index (χ0v) is 16.3. The molecule has 0 bridgehead atoms. The van der Waals surface area contributed by atoms with Gasteiger partial charge in [0.15, 0.2) is 6.61 Å². The number of carbonyl (C=O) groups excluding carboxylic acids is 3. The number of esters is 1. The second-order valence-electron chi connectivity index (χ2n) is 5.87. The molecule has 0 spiro atoms. The number of ether oxygens (including phenoxy) is 2.